The van der Waals surface area contributed by atoms with Crippen LogP contribution in [0.1, 0.15) is 45.4 Å². The van der Waals surface area contributed by atoms with E-state index in [0.29, 0.717) is 24.7 Å². The van der Waals surface area contributed by atoms with Crippen molar-refractivity contribution in [3.63, 3.8) is 0 Å². The molecule has 27 heavy (non-hydrogen) atoms. The first kappa shape index (κ1) is 20.9. The van der Waals surface area contributed by atoms with Gasteiger partial charge in [0.05, 0.1) is 6.54 Å². The molecule has 0 aliphatic carbocycles. The van der Waals surface area contributed by atoms with Crippen LogP contribution in [0, 0.1) is 5.21 Å². The Hall–Kier alpha value is -0.780. The zero-order valence-corrected chi connectivity index (χ0v) is 17.6. The Kier molecular flexibility index (Phi) is 7.46. The van der Waals surface area contributed by atoms with Crippen LogP contribution in [0.15, 0.2) is 4.34 Å². The van der Waals surface area contributed by atoms with E-state index in [-0.39, 0.29) is 6.67 Å². The van der Waals surface area contributed by atoms with Crippen LogP contribution in [-0.4, -0.2) is 66.0 Å². The summed E-state index contributed by atoms with van der Waals surface area (Å²) in [5, 5.41) is 22.2. The second kappa shape index (κ2) is 9.62. The normalized spacial score (nSPS) is 28.7. The minimum Gasteiger partial charge on any atom is -0.622 e. The molecule has 10 heteroatoms. The molecule has 1 aromatic heterocycles. The van der Waals surface area contributed by atoms with Crippen molar-refractivity contribution in [3.05, 3.63) is 5.21 Å². The van der Waals surface area contributed by atoms with Crippen LogP contribution < -0.4 is 4.65 Å². The van der Waals surface area contributed by atoms with E-state index in [2.05, 4.69) is 17.1 Å². The van der Waals surface area contributed by atoms with Gasteiger partial charge in [-0.1, -0.05) is 43.0 Å². The molecule has 0 amide bonds. The zero-order chi connectivity index (χ0) is 19.3. The van der Waals surface area contributed by atoms with Gasteiger partial charge < -0.3 is 14.7 Å². The molecule has 0 spiro atoms. The molecule has 3 heterocycles. The van der Waals surface area contributed by atoms with E-state index in [4.69, 9.17) is 9.47 Å². The van der Waals surface area contributed by atoms with E-state index in [1.54, 1.807) is 11.8 Å². The molecule has 3 atom stereocenters. The fraction of sp³-hybridized carbons (Fsp3) is 0.824. The third-order valence-corrected chi connectivity index (χ3v) is 7.03. The van der Waals surface area contributed by atoms with Gasteiger partial charge in [-0.05, 0) is 37.6 Å². The van der Waals surface area contributed by atoms with Crippen molar-refractivity contribution < 1.29 is 14.3 Å². The second-order valence-corrected chi connectivity index (χ2v) is 9.43. The topological polar surface area (TPSA) is 87.6 Å². The highest BCUT2D eigenvalue weighted by Gasteiger charge is 2.46. The zero-order valence-electron chi connectivity index (χ0n) is 16.0. The molecule has 2 saturated heterocycles. The van der Waals surface area contributed by atoms with E-state index < -0.39 is 22.9 Å². The highest BCUT2D eigenvalue weighted by atomic mass is 32.2. The number of rotatable bonds is 9. The van der Waals surface area contributed by atoms with Crippen LogP contribution in [0.25, 0.3) is 0 Å². The molecule has 0 radical (unpaired) electrons. The van der Waals surface area contributed by atoms with Crippen molar-refractivity contribution in [3.8, 4) is 0 Å². The van der Waals surface area contributed by atoms with Gasteiger partial charge in [-0.3, -0.25) is 4.65 Å². The number of hydrogen-bond acceptors (Lipinski definition) is 9. The fourth-order valence-electron chi connectivity index (χ4n) is 3.29. The van der Waals surface area contributed by atoms with Crippen molar-refractivity contribution in [2.24, 2.45) is 0 Å². The van der Waals surface area contributed by atoms with Gasteiger partial charge in [-0.15, -0.1) is 5.10 Å². The predicted molar refractivity (Wildman–Crippen MR) is 106 cm³/mol. The third-order valence-electron chi connectivity index (χ3n) is 4.77. The monoisotopic (exact) mass is 416 g/mol. The molecule has 3 unspecified atom stereocenters. The number of hydrogen-bond donors (Lipinski definition) is 0. The molecule has 0 saturated carbocycles. The van der Waals surface area contributed by atoms with E-state index in [9.17, 15) is 10.0 Å². The van der Waals surface area contributed by atoms with Crippen molar-refractivity contribution in [1.82, 2.24) is 19.7 Å². The average Bonchev–Trinajstić information content (AvgIpc) is 3.36. The lowest BCUT2D eigenvalue weighted by Gasteiger charge is -2.38. The Labute approximate surface area is 168 Å². The number of aromatic nitrogens is 2. The summed E-state index contributed by atoms with van der Waals surface area (Å²) in [6.07, 6.45) is 4.91. The smallest absolute Gasteiger partial charge is 0.339 e. The number of esters is 1. The Balaban J connectivity index is 1.61. The maximum Gasteiger partial charge on any atom is 0.339 e. The fourth-order valence-corrected chi connectivity index (χ4v) is 5.27. The number of unbranched alkanes of at least 4 members (excludes halogenated alkanes) is 3. The van der Waals surface area contributed by atoms with E-state index in [1.165, 1.54) is 30.6 Å². The molecule has 3 rings (SSSR count). The summed E-state index contributed by atoms with van der Waals surface area (Å²) < 4.78 is 10.9. The molecule has 0 bridgehead atoms. The maximum atomic E-state index is 13.5. The van der Waals surface area contributed by atoms with Crippen molar-refractivity contribution >= 4 is 34.2 Å². The summed E-state index contributed by atoms with van der Waals surface area (Å²) in [5.41, 5.74) is 0. The summed E-state index contributed by atoms with van der Waals surface area (Å²) in [6, 6.07) is 0. The lowest BCUT2D eigenvalue weighted by Crippen LogP contribution is -2.51. The summed E-state index contributed by atoms with van der Waals surface area (Å²) in [5.74, 6) is 0.534. The second-order valence-electron chi connectivity index (χ2n) is 7.13. The number of likely N-dealkylation sites (N-methyl/N-ethyl adjacent to an activating group) is 1. The van der Waals surface area contributed by atoms with Gasteiger partial charge in [-0.2, -0.15) is 0 Å². The minimum absolute atomic E-state index is 0.194. The Bertz CT molecular complexity index is 626. The number of carbonyl (C=O) groups excluding carboxylic acids is 1. The van der Waals surface area contributed by atoms with Gasteiger partial charge in [0.25, 0.3) is 6.23 Å². The average molecular weight is 417 g/mol. The van der Waals surface area contributed by atoms with E-state index >= 15 is 0 Å². The van der Waals surface area contributed by atoms with Crippen molar-refractivity contribution in [2.75, 3.05) is 32.6 Å². The van der Waals surface area contributed by atoms with Crippen LogP contribution in [0.3, 0.4) is 0 Å². The molecule has 1 aromatic rings. The van der Waals surface area contributed by atoms with Gasteiger partial charge in [0.1, 0.15) is 6.67 Å². The number of ether oxygens (including phenoxy) is 2. The first-order valence-corrected chi connectivity index (χ1v) is 11.4. The number of nitrogens with zero attached hydrogens (tertiary/aromatic N) is 4. The van der Waals surface area contributed by atoms with Gasteiger partial charge in [-0.25, -0.2) is 9.69 Å². The van der Waals surface area contributed by atoms with Gasteiger partial charge >= 0.3 is 11.1 Å². The quantitative estimate of drug-likeness (QED) is 0.200. The first-order chi connectivity index (χ1) is 13.0. The Morgan fingerprint density at radius 2 is 2.30 bits per heavy atom. The maximum absolute atomic E-state index is 13.5. The largest absolute Gasteiger partial charge is 0.622 e. The standard InChI is InChI=1S/C17H28N4O4S2/c1-3-4-5-6-10-26-17-19-18-16(27-17)21(23)12-20(2)11-14(21)25-15(22)13-8-7-9-24-13/h13-14H,3-12H2,1-2H3. The minimum atomic E-state index is -0.831. The summed E-state index contributed by atoms with van der Waals surface area (Å²) in [4.78, 5) is 14.2. The van der Waals surface area contributed by atoms with Crippen LogP contribution in [-0.2, 0) is 14.3 Å². The van der Waals surface area contributed by atoms with Crippen LogP contribution in [0.2, 0.25) is 0 Å². The first-order valence-electron chi connectivity index (χ1n) is 9.59. The highest BCUT2D eigenvalue weighted by Crippen LogP contribution is 2.37. The molecule has 0 aromatic carbocycles. The van der Waals surface area contributed by atoms with Gasteiger partial charge in [0, 0.05) is 12.4 Å². The van der Waals surface area contributed by atoms with E-state index in [1.807, 2.05) is 11.9 Å². The molecule has 152 valence electrons. The number of quaternary nitrogens is 1. The van der Waals surface area contributed by atoms with Gasteiger partial charge in [0.15, 0.2) is 10.4 Å². The lowest BCUT2D eigenvalue weighted by molar-refractivity contribution is -0.164. The van der Waals surface area contributed by atoms with Crippen molar-refractivity contribution in [2.45, 2.75) is 62.1 Å². The molecular formula is C17H28N4O4S2. The van der Waals surface area contributed by atoms with Crippen molar-refractivity contribution in [1.29, 1.82) is 0 Å². The molecular weight excluding hydrogens is 388 g/mol. The lowest BCUT2D eigenvalue weighted by atomic mass is 10.2. The Morgan fingerprint density at radius 3 is 3.04 bits per heavy atom. The summed E-state index contributed by atoms with van der Waals surface area (Å²) in [6.45, 7) is 3.33. The number of hydroxylamine groups is 2. The Morgan fingerprint density at radius 1 is 1.44 bits per heavy atom. The third kappa shape index (κ3) is 5.18. The van der Waals surface area contributed by atoms with Gasteiger partial charge in [0.2, 0.25) is 0 Å². The number of thioether (sulfide) groups is 1. The number of carbonyl (C=O) groups is 1. The van der Waals surface area contributed by atoms with Crippen LogP contribution >= 0.6 is 23.1 Å². The van der Waals surface area contributed by atoms with Crippen LogP contribution in [0.5, 0.6) is 0 Å². The highest BCUT2D eigenvalue weighted by molar-refractivity contribution is 8.01. The van der Waals surface area contributed by atoms with E-state index in [0.717, 1.165) is 22.9 Å². The van der Waals surface area contributed by atoms with Crippen LogP contribution in [0.4, 0.5) is 5.13 Å². The molecule has 2 fully saturated rings. The SMILES string of the molecule is CCCCCCSc1nnc([N+]2([O-])CN(C)CC2OC(=O)C2CCCO2)s1. The summed E-state index contributed by atoms with van der Waals surface area (Å²) >= 11 is 2.95. The molecule has 2 aliphatic rings. The molecule has 2 aliphatic heterocycles. The molecule has 8 nitrogen and oxygen atoms in total. The summed E-state index contributed by atoms with van der Waals surface area (Å²) in [7, 11) is 1.84. The molecule has 0 N–H and O–H groups in total. The predicted octanol–water partition coefficient (Wildman–Crippen LogP) is 2.97.